The van der Waals surface area contributed by atoms with E-state index in [0.29, 0.717) is 11.8 Å². The van der Waals surface area contributed by atoms with Gasteiger partial charge in [-0.1, -0.05) is 43.8 Å². The lowest BCUT2D eigenvalue weighted by molar-refractivity contribution is 0.187. The van der Waals surface area contributed by atoms with Crippen LogP contribution >= 0.6 is 0 Å². The van der Waals surface area contributed by atoms with E-state index in [4.69, 9.17) is 0 Å². The Labute approximate surface area is 98.8 Å². The van der Waals surface area contributed by atoms with Gasteiger partial charge in [0.25, 0.3) is 0 Å². The van der Waals surface area contributed by atoms with E-state index >= 15 is 0 Å². The van der Waals surface area contributed by atoms with Crippen LogP contribution in [0.25, 0.3) is 5.57 Å². The summed E-state index contributed by atoms with van der Waals surface area (Å²) >= 11 is 0. The van der Waals surface area contributed by atoms with E-state index in [2.05, 4.69) is 55.8 Å². The molecule has 16 heavy (non-hydrogen) atoms. The molecule has 0 bridgehead atoms. The molecule has 0 aromatic heterocycles. The van der Waals surface area contributed by atoms with E-state index in [-0.39, 0.29) is 0 Å². The van der Waals surface area contributed by atoms with Crippen LogP contribution in [-0.4, -0.2) is 25.0 Å². The molecule has 1 heteroatoms. The molecule has 2 unspecified atom stereocenters. The largest absolute Gasteiger partial charge is 0.306 e. The van der Waals surface area contributed by atoms with Crippen molar-refractivity contribution in [1.29, 1.82) is 0 Å². The minimum absolute atomic E-state index is 0.651. The average molecular weight is 215 g/mol. The van der Waals surface area contributed by atoms with Crippen LogP contribution in [0.3, 0.4) is 0 Å². The number of allylic oxidation sites excluding steroid dienone is 1. The summed E-state index contributed by atoms with van der Waals surface area (Å²) in [6, 6.07) is 10.6. The van der Waals surface area contributed by atoms with Gasteiger partial charge in [-0.05, 0) is 43.0 Å². The highest BCUT2D eigenvalue weighted by molar-refractivity contribution is 5.65. The number of hydrogen-bond acceptors (Lipinski definition) is 1. The summed E-state index contributed by atoms with van der Waals surface area (Å²) in [5.41, 5.74) is 2.63. The first-order valence-corrected chi connectivity index (χ1v) is 6.11. The van der Waals surface area contributed by atoms with Crippen molar-refractivity contribution in [2.24, 2.45) is 11.8 Å². The molecule has 0 amide bonds. The quantitative estimate of drug-likeness (QED) is 0.731. The van der Waals surface area contributed by atoms with Crippen LogP contribution in [0.1, 0.15) is 18.9 Å². The van der Waals surface area contributed by atoms with Crippen molar-refractivity contribution in [3.8, 4) is 0 Å². The molecule has 1 fully saturated rings. The Morgan fingerprint density at radius 3 is 2.62 bits per heavy atom. The minimum Gasteiger partial charge on any atom is -0.306 e. The summed E-state index contributed by atoms with van der Waals surface area (Å²) in [6.07, 6.45) is 1.24. The topological polar surface area (TPSA) is 3.24 Å². The molecule has 1 aliphatic rings. The van der Waals surface area contributed by atoms with Gasteiger partial charge in [-0.25, -0.2) is 0 Å². The Hall–Kier alpha value is -1.08. The monoisotopic (exact) mass is 215 g/mol. The maximum atomic E-state index is 4.31. The SMILES string of the molecule is C=C(c1ccccc1)C1CCN(C)CC1C. The van der Waals surface area contributed by atoms with Gasteiger partial charge < -0.3 is 4.90 Å². The van der Waals surface area contributed by atoms with E-state index in [1.165, 1.54) is 30.6 Å². The first kappa shape index (κ1) is 11.4. The molecule has 1 aliphatic heterocycles. The third-order valence-electron chi connectivity index (χ3n) is 3.70. The van der Waals surface area contributed by atoms with Crippen LogP contribution in [-0.2, 0) is 0 Å². The third kappa shape index (κ3) is 2.35. The Bertz CT molecular complexity index is 355. The molecule has 0 radical (unpaired) electrons. The first-order chi connectivity index (χ1) is 7.68. The molecule has 0 aliphatic carbocycles. The molecule has 1 aromatic carbocycles. The molecular weight excluding hydrogens is 194 g/mol. The fourth-order valence-electron chi connectivity index (χ4n) is 2.74. The Kier molecular flexibility index (Phi) is 3.45. The second-order valence-electron chi connectivity index (χ2n) is 5.03. The van der Waals surface area contributed by atoms with Crippen LogP contribution in [0.15, 0.2) is 36.9 Å². The second-order valence-corrected chi connectivity index (χ2v) is 5.03. The predicted octanol–water partition coefficient (Wildman–Crippen LogP) is 3.29. The molecule has 2 rings (SSSR count). The van der Waals surface area contributed by atoms with E-state index in [1.54, 1.807) is 0 Å². The Balaban J connectivity index is 2.11. The maximum absolute atomic E-state index is 4.31. The van der Waals surface area contributed by atoms with Crippen molar-refractivity contribution in [3.63, 3.8) is 0 Å². The lowest BCUT2D eigenvalue weighted by Crippen LogP contribution is -2.36. The van der Waals surface area contributed by atoms with Crippen molar-refractivity contribution in [2.45, 2.75) is 13.3 Å². The molecule has 1 nitrogen and oxygen atoms in total. The third-order valence-corrected chi connectivity index (χ3v) is 3.70. The number of piperidine rings is 1. The number of rotatable bonds is 2. The van der Waals surface area contributed by atoms with Crippen molar-refractivity contribution in [3.05, 3.63) is 42.5 Å². The summed E-state index contributed by atoms with van der Waals surface area (Å²) in [5, 5.41) is 0. The van der Waals surface area contributed by atoms with Gasteiger partial charge in [0.05, 0.1) is 0 Å². The zero-order valence-corrected chi connectivity index (χ0v) is 10.3. The van der Waals surface area contributed by atoms with Gasteiger partial charge in [0.15, 0.2) is 0 Å². The Morgan fingerprint density at radius 2 is 2.00 bits per heavy atom. The number of benzene rings is 1. The summed E-state index contributed by atoms with van der Waals surface area (Å²) in [4.78, 5) is 2.42. The number of likely N-dealkylation sites (tertiary alicyclic amines) is 1. The molecule has 0 saturated carbocycles. The van der Waals surface area contributed by atoms with E-state index in [1.807, 2.05) is 0 Å². The van der Waals surface area contributed by atoms with E-state index in [9.17, 15) is 0 Å². The fraction of sp³-hybridized carbons (Fsp3) is 0.467. The molecule has 0 spiro atoms. The van der Waals surface area contributed by atoms with Crippen molar-refractivity contribution >= 4 is 5.57 Å². The molecule has 2 atom stereocenters. The lowest BCUT2D eigenvalue weighted by atomic mass is 9.79. The lowest BCUT2D eigenvalue weighted by Gasteiger charge is -2.36. The number of hydrogen-bond donors (Lipinski definition) is 0. The molecule has 1 saturated heterocycles. The summed E-state index contributed by atoms with van der Waals surface area (Å²) in [5.74, 6) is 1.37. The van der Waals surface area contributed by atoms with Gasteiger partial charge >= 0.3 is 0 Å². The predicted molar refractivity (Wildman–Crippen MR) is 70.2 cm³/mol. The van der Waals surface area contributed by atoms with Gasteiger partial charge in [0, 0.05) is 6.54 Å². The van der Waals surface area contributed by atoms with Gasteiger partial charge in [-0.15, -0.1) is 0 Å². The number of nitrogens with zero attached hydrogens (tertiary/aromatic N) is 1. The average Bonchev–Trinajstić information content (AvgIpc) is 2.29. The van der Waals surface area contributed by atoms with Crippen molar-refractivity contribution in [2.75, 3.05) is 20.1 Å². The molecule has 0 N–H and O–H groups in total. The van der Waals surface area contributed by atoms with Gasteiger partial charge in [0.2, 0.25) is 0 Å². The maximum Gasteiger partial charge on any atom is 0.000982 e. The molecule has 1 aromatic rings. The fourth-order valence-corrected chi connectivity index (χ4v) is 2.74. The van der Waals surface area contributed by atoms with Crippen LogP contribution < -0.4 is 0 Å². The van der Waals surface area contributed by atoms with E-state index in [0.717, 1.165) is 0 Å². The first-order valence-electron chi connectivity index (χ1n) is 6.11. The van der Waals surface area contributed by atoms with Gasteiger partial charge in [0.1, 0.15) is 0 Å². The highest BCUT2D eigenvalue weighted by atomic mass is 15.1. The summed E-state index contributed by atoms with van der Waals surface area (Å²) < 4.78 is 0. The highest BCUT2D eigenvalue weighted by Gasteiger charge is 2.26. The van der Waals surface area contributed by atoms with Crippen LogP contribution in [0.5, 0.6) is 0 Å². The van der Waals surface area contributed by atoms with Gasteiger partial charge in [-0.3, -0.25) is 0 Å². The zero-order chi connectivity index (χ0) is 11.5. The van der Waals surface area contributed by atoms with Crippen molar-refractivity contribution in [1.82, 2.24) is 4.90 Å². The van der Waals surface area contributed by atoms with Crippen LogP contribution in [0.4, 0.5) is 0 Å². The molecular formula is C15H21N. The van der Waals surface area contributed by atoms with Crippen LogP contribution in [0, 0.1) is 11.8 Å². The second kappa shape index (κ2) is 4.84. The van der Waals surface area contributed by atoms with Crippen LogP contribution in [0.2, 0.25) is 0 Å². The normalized spacial score (nSPS) is 26.6. The zero-order valence-electron chi connectivity index (χ0n) is 10.3. The smallest absolute Gasteiger partial charge is 0.000982 e. The molecule has 86 valence electrons. The van der Waals surface area contributed by atoms with Gasteiger partial charge in [-0.2, -0.15) is 0 Å². The van der Waals surface area contributed by atoms with E-state index < -0.39 is 0 Å². The summed E-state index contributed by atoms with van der Waals surface area (Å²) in [6.45, 7) is 9.03. The Morgan fingerprint density at radius 1 is 1.31 bits per heavy atom. The standard InChI is InChI=1S/C15H21N/c1-12-11-16(3)10-9-15(12)13(2)14-7-5-4-6-8-14/h4-8,12,15H,2,9-11H2,1,3H3. The summed E-state index contributed by atoms with van der Waals surface area (Å²) in [7, 11) is 2.21. The molecule has 1 heterocycles. The minimum atomic E-state index is 0.651. The van der Waals surface area contributed by atoms with Crippen molar-refractivity contribution < 1.29 is 0 Å². The highest BCUT2D eigenvalue weighted by Crippen LogP contribution is 2.33.